The number of nitrogens with one attached hydrogen (secondary N) is 1. The summed E-state index contributed by atoms with van der Waals surface area (Å²) in [4.78, 5) is 30.0. The molecule has 5 heteroatoms. The molecule has 0 unspecified atom stereocenters. The summed E-state index contributed by atoms with van der Waals surface area (Å²) < 4.78 is 5.42. The molecule has 0 fully saturated rings. The van der Waals surface area contributed by atoms with Gasteiger partial charge in [0.25, 0.3) is 5.91 Å². The number of rotatable bonds is 4. The zero-order chi connectivity index (χ0) is 20.4. The maximum absolute atomic E-state index is 13.0. The Bertz CT molecular complexity index is 1070. The Balaban J connectivity index is 1.55. The molecule has 1 amide bonds. The van der Waals surface area contributed by atoms with Crippen molar-refractivity contribution in [1.82, 2.24) is 4.98 Å². The fraction of sp³-hybridized carbons (Fsp3) is 0.292. The van der Waals surface area contributed by atoms with Crippen LogP contribution in [0, 0.1) is 12.8 Å². The van der Waals surface area contributed by atoms with E-state index in [0.29, 0.717) is 17.2 Å². The highest BCUT2D eigenvalue weighted by Crippen LogP contribution is 2.32. The number of aromatic nitrogens is 1. The van der Waals surface area contributed by atoms with Crippen molar-refractivity contribution in [1.29, 1.82) is 0 Å². The lowest BCUT2D eigenvalue weighted by molar-refractivity contribution is -0.119. The fourth-order valence-electron chi connectivity index (χ4n) is 3.83. The molecular weight excluding hydrogens is 364 g/mol. The van der Waals surface area contributed by atoms with Gasteiger partial charge in [0.05, 0.1) is 11.1 Å². The largest absolute Gasteiger partial charge is 0.452 e. The fourth-order valence-corrected chi connectivity index (χ4v) is 3.83. The number of para-hydroxylation sites is 1. The molecule has 148 valence electrons. The Labute approximate surface area is 170 Å². The summed E-state index contributed by atoms with van der Waals surface area (Å²) in [5.74, 6) is -0.336. The van der Waals surface area contributed by atoms with Crippen LogP contribution in [-0.4, -0.2) is 23.5 Å². The highest BCUT2D eigenvalue weighted by Gasteiger charge is 2.26. The van der Waals surface area contributed by atoms with Crippen LogP contribution in [0.2, 0.25) is 0 Å². The van der Waals surface area contributed by atoms with Gasteiger partial charge in [-0.15, -0.1) is 0 Å². The maximum atomic E-state index is 13.0. The van der Waals surface area contributed by atoms with Crippen LogP contribution in [0.4, 0.5) is 5.69 Å². The number of ether oxygens (including phenoxy) is 1. The van der Waals surface area contributed by atoms with E-state index in [4.69, 9.17) is 9.72 Å². The molecule has 29 heavy (non-hydrogen) atoms. The molecule has 1 heterocycles. The molecule has 0 spiro atoms. The van der Waals surface area contributed by atoms with E-state index in [0.717, 1.165) is 47.0 Å². The van der Waals surface area contributed by atoms with Gasteiger partial charge in [0.2, 0.25) is 0 Å². The first-order valence-corrected chi connectivity index (χ1v) is 9.95. The van der Waals surface area contributed by atoms with Crippen molar-refractivity contribution in [2.75, 3.05) is 11.9 Å². The van der Waals surface area contributed by atoms with Crippen molar-refractivity contribution >= 4 is 28.5 Å². The van der Waals surface area contributed by atoms with E-state index in [1.807, 2.05) is 55.5 Å². The summed E-state index contributed by atoms with van der Waals surface area (Å²) in [6.45, 7) is 3.84. The molecule has 3 aromatic rings. The smallest absolute Gasteiger partial charge is 0.339 e. The normalized spacial score (nSPS) is 15.6. The lowest BCUT2D eigenvalue weighted by atomic mass is 9.84. The zero-order valence-electron chi connectivity index (χ0n) is 16.7. The Morgan fingerprint density at radius 2 is 1.90 bits per heavy atom. The van der Waals surface area contributed by atoms with Crippen molar-refractivity contribution in [2.45, 2.75) is 33.1 Å². The average Bonchev–Trinajstić information content (AvgIpc) is 2.72. The average molecular weight is 388 g/mol. The second-order valence-electron chi connectivity index (χ2n) is 7.77. The van der Waals surface area contributed by atoms with Crippen LogP contribution >= 0.6 is 0 Å². The Hall–Kier alpha value is -3.21. The van der Waals surface area contributed by atoms with Gasteiger partial charge in [-0.05, 0) is 55.9 Å². The SMILES string of the molecule is Cc1ccc(NC(=O)COC(=O)c2c3c(nc4ccccc24)CC[C@@H](C)C3)cc1. The number of fused-ring (bicyclic) bond motifs is 2. The van der Waals surface area contributed by atoms with Gasteiger partial charge in [0, 0.05) is 16.8 Å². The molecular formula is C24H24N2O3. The number of aryl methyl sites for hydroxylation is 2. The molecule has 4 rings (SSSR count). The van der Waals surface area contributed by atoms with E-state index in [1.54, 1.807) is 0 Å². The molecule has 0 aliphatic heterocycles. The molecule has 0 bridgehead atoms. The molecule has 2 aromatic carbocycles. The van der Waals surface area contributed by atoms with E-state index in [-0.39, 0.29) is 12.5 Å². The van der Waals surface area contributed by atoms with Crippen LogP contribution in [-0.2, 0) is 22.4 Å². The van der Waals surface area contributed by atoms with Crippen molar-refractivity contribution in [3.05, 3.63) is 70.9 Å². The Morgan fingerprint density at radius 1 is 1.14 bits per heavy atom. The van der Waals surface area contributed by atoms with Gasteiger partial charge in [0.15, 0.2) is 6.61 Å². The van der Waals surface area contributed by atoms with Crippen molar-refractivity contribution in [3.63, 3.8) is 0 Å². The number of amides is 1. The lowest BCUT2D eigenvalue weighted by Crippen LogP contribution is -2.23. The van der Waals surface area contributed by atoms with Crippen molar-refractivity contribution in [3.8, 4) is 0 Å². The maximum Gasteiger partial charge on any atom is 0.339 e. The first-order chi connectivity index (χ1) is 14.0. The van der Waals surface area contributed by atoms with Crippen LogP contribution in [0.15, 0.2) is 48.5 Å². The van der Waals surface area contributed by atoms with Crippen LogP contribution in [0.5, 0.6) is 0 Å². The van der Waals surface area contributed by atoms with E-state index in [1.165, 1.54) is 0 Å². The van der Waals surface area contributed by atoms with Crippen LogP contribution in [0.25, 0.3) is 10.9 Å². The Morgan fingerprint density at radius 3 is 2.69 bits per heavy atom. The molecule has 1 aromatic heterocycles. The molecule has 1 N–H and O–H groups in total. The second-order valence-corrected chi connectivity index (χ2v) is 7.77. The minimum Gasteiger partial charge on any atom is -0.452 e. The minimum atomic E-state index is -0.465. The van der Waals surface area contributed by atoms with Gasteiger partial charge in [-0.1, -0.05) is 42.8 Å². The summed E-state index contributed by atoms with van der Waals surface area (Å²) in [5.41, 5.74) is 5.07. The first kappa shape index (κ1) is 19.1. The topological polar surface area (TPSA) is 68.3 Å². The van der Waals surface area contributed by atoms with Gasteiger partial charge in [-0.3, -0.25) is 9.78 Å². The third-order valence-corrected chi connectivity index (χ3v) is 5.38. The number of esters is 1. The number of carbonyl (C=O) groups is 2. The van der Waals surface area contributed by atoms with E-state index in [9.17, 15) is 9.59 Å². The van der Waals surface area contributed by atoms with Gasteiger partial charge >= 0.3 is 5.97 Å². The highest BCUT2D eigenvalue weighted by atomic mass is 16.5. The lowest BCUT2D eigenvalue weighted by Gasteiger charge is -2.24. The predicted molar refractivity (Wildman–Crippen MR) is 113 cm³/mol. The molecule has 1 aliphatic rings. The number of hydrogen-bond donors (Lipinski definition) is 1. The summed E-state index contributed by atoms with van der Waals surface area (Å²) >= 11 is 0. The second kappa shape index (κ2) is 8.03. The molecule has 0 saturated heterocycles. The molecule has 0 saturated carbocycles. The van der Waals surface area contributed by atoms with Gasteiger partial charge in [-0.25, -0.2) is 4.79 Å². The Kier molecular flexibility index (Phi) is 5.30. The van der Waals surface area contributed by atoms with E-state index >= 15 is 0 Å². The van der Waals surface area contributed by atoms with E-state index in [2.05, 4.69) is 12.2 Å². The highest BCUT2D eigenvalue weighted by molar-refractivity contribution is 6.06. The predicted octanol–water partition coefficient (Wildman–Crippen LogP) is 4.46. The summed E-state index contributed by atoms with van der Waals surface area (Å²) in [6.07, 6.45) is 2.72. The third kappa shape index (κ3) is 4.14. The minimum absolute atomic E-state index is 0.326. The third-order valence-electron chi connectivity index (χ3n) is 5.38. The standard InChI is InChI=1S/C24H24N2O3/c1-15-7-10-17(11-8-15)25-22(27)14-29-24(28)23-18-5-3-4-6-20(18)26-21-12-9-16(2)13-19(21)23/h3-8,10-11,16H,9,12-14H2,1-2H3,(H,25,27)/t16-/m1/s1. The zero-order valence-corrected chi connectivity index (χ0v) is 16.7. The first-order valence-electron chi connectivity index (χ1n) is 9.95. The van der Waals surface area contributed by atoms with Crippen molar-refractivity contribution in [2.24, 2.45) is 5.92 Å². The van der Waals surface area contributed by atoms with E-state index < -0.39 is 5.97 Å². The van der Waals surface area contributed by atoms with Gasteiger partial charge < -0.3 is 10.1 Å². The number of carbonyl (C=O) groups excluding carboxylic acids is 2. The quantitative estimate of drug-likeness (QED) is 0.670. The molecule has 1 aliphatic carbocycles. The van der Waals surface area contributed by atoms with Crippen LogP contribution in [0.3, 0.4) is 0 Å². The number of anilines is 1. The summed E-state index contributed by atoms with van der Waals surface area (Å²) in [5, 5.41) is 3.54. The van der Waals surface area contributed by atoms with Crippen LogP contribution < -0.4 is 5.32 Å². The number of pyridine rings is 1. The number of benzene rings is 2. The van der Waals surface area contributed by atoms with Crippen molar-refractivity contribution < 1.29 is 14.3 Å². The summed E-state index contributed by atoms with van der Waals surface area (Å²) in [7, 11) is 0. The van der Waals surface area contributed by atoms with Crippen LogP contribution in [0.1, 0.15) is 40.5 Å². The molecule has 0 radical (unpaired) electrons. The van der Waals surface area contributed by atoms with Gasteiger partial charge in [0.1, 0.15) is 0 Å². The molecule has 1 atom stereocenters. The summed E-state index contributed by atoms with van der Waals surface area (Å²) in [6, 6.07) is 15.1. The molecule has 5 nitrogen and oxygen atoms in total. The number of hydrogen-bond acceptors (Lipinski definition) is 4. The number of nitrogens with zero attached hydrogens (tertiary/aromatic N) is 1. The van der Waals surface area contributed by atoms with Gasteiger partial charge in [-0.2, -0.15) is 0 Å². The monoisotopic (exact) mass is 388 g/mol.